The zero-order valence-electron chi connectivity index (χ0n) is 8.30. The maximum atomic E-state index is 12.9. The molecule has 0 atom stereocenters. The number of anilines is 1. The number of thioether (sulfide) groups is 1. The third-order valence-electron chi connectivity index (χ3n) is 2.45. The lowest BCUT2D eigenvalue weighted by atomic mass is 10.1. The Bertz CT molecular complexity index is 317. The second kappa shape index (κ2) is 4.84. The van der Waals surface area contributed by atoms with Crippen LogP contribution in [0.15, 0.2) is 18.2 Å². The minimum atomic E-state index is -0.525. The van der Waals surface area contributed by atoms with Crippen molar-refractivity contribution in [3.05, 3.63) is 29.8 Å². The first-order chi connectivity index (χ1) is 7.24. The molecule has 1 aliphatic heterocycles. The molecule has 1 heterocycles. The summed E-state index contributed by atoms with van der Waals surface area (Å²) in [6, 6.07) is 3.92. The van der Waals surface area contributed by atoms with Gasteiger partial charge >= 0.3 is 0 Å². The molecule has 1 aromatic carbocycles. The van der Waals surface area contributed by atoms with E-state index in [0.717, 1.165) is 30.4 Å². The zero-order chi connectivity index (χ0) is 10.7. The average molecular weight is 229 g/mol. The van der Waals surface area contributed by atoms with E-state index in [-0.39, 0.29) is 0 Å². The van der Waals surface area contributed by atoms with Crippen LogP contribution in [0.25, 0.3) is 0 Å². The second-order valence-corrected chi connectivity index (χ2v) is 4.91. The van der Waals surface area contributed by atoms with Gasteiger partial charge in [0, 0.05) is 17.8 Å². The molecule has 0 aromatic heterocycles. The number of nitrogens with one attached hydrogen (secondary N) is 1. The molecule has 1 aromatic rings. The molecule has 0 spiro atoms. The Morgan fingerprint density at radius 1 is 1.07 bits per heavy atom. The number of rotatable bonds is 2. The summed E-state index contributed by atoms with van der Waals surface area (Å²) in [6.45, 7) is 0. The molecule has 1 N–H and O–H groups in total. The quantitative estimate of drug-likeness (QED) is 0.835. The predicted molar refractivity (Wildman–Crippen MR) is 60.3 cm³/mol. The zero-order valence-corrected chi connectivity index (χ0v) is 9.12. The first kappa shape index (κ1) is 10.7. The van der Waals surface area contributed by atoms with E-state index in [0.29, 0.717) is 11.7 Å². The minimum Gasteiger partial charge on any atom is -0.382 e. The number of halogens is 2. The van der Waals surface area contributed by atoms with Gasteiger partial charge in [-0.25, -0.2) is 8.78 Å². The third kappa shape index (κ3) is 3.09. The van der Waals surface area contributed by atoms with Crippen molar-refractivity contribution in [1.29, 1.82) is 0 Å². The standard InChI is InChI=1S/C11H13F2NS/c12-8-5-9(13)7-11(6-8)14-10-1-3-15-4-2-10/h5-7,10,14H,1-4H2. The van der Waals surface area contributed by atoms with E-state index >= 15 is 0 Å². The van der Waals surface area contributed by atoms with Crippen molar-refractivity contribution in [2.24, 2.45) is 0 Å². The van der Waals surface area contributed by atoms with Crippen LogP contribution < -0.4 is 5.32 Å². The molecule has 0 unspecified atom stereocenters. The van der Waals surface area contributed by atoms with Crippen LogP contribution in [0.2, 0.25) is 0 Å². The highest BCUT2D eigenvalue weighted by molar-refractivity contribution is 7.99. The SMILES string of the molecule is Fc1cc(F)cc(NC2CCSCC2)c1. The van der Waals surface area contributed by atoms with Crippen LogP contribution in [-0.4, -0.2) is 17.5 Å². The smallest absolute Gasteiger partial charge is 0.128 e. The monoisotopic (exact) mass is 229 g/mol. The molecule has 1 fully saturated rings. The van der Waals surface area contributed by atoms with Gasteiger partial charge in [0.05, 0.1) is 0 Å². The van der Waals surface area contributed by atoms with Gasteiger partial charge in [0.15, 0.2) is 0 Å². The van der Waals surface area contributed by atoms with Gasteiger partial charge in [0.2, 0.25) is 0 Å². The maximum Gasteiger partial charge on any atom is 0.128 e. The van der Waals surface area contributed by atoms with E-state index < -0.39 is 11.6 Å². The molecule has 4 heteroatoms. The summed E-state index contributed by atoms with van der Waals surface area (Å²) in [4.78, 5) is 0. The third-order valence-corrected chi connectivity index (χ3v) is 3.50. The van der Waals surface area contributed by atoms with Crippen molar-refractivity contribution in [3.63, 3.8) is 0 Å². The molecule has 2 rings (SSSR count). The van der Waals surface area contributed by atoms with Crippen LogP contribution in [0.1, 0.15) is 12.8 Å². The number of hydrogen-bond acceptors (Lipinski definition) is 2. The van der Waals surface area contributed by atoms with E-state index in [1.807, 2.05) is 11.8 Å². The van der Waals surface area contributed by atoms with Crippen LogP contribution in [-0.2, 0) is 0 Å². The van der Waals surface area contributed by atoms with Gasteiger partial charge in [-0.2, -0.15) is 11.8 Å². The molecule has 0 saturated carbocycles. The van der Waals surface area contributed by atoms with Crippen molar-refractivity contribution in [3.8, 4) is 0 Å². The molecule has 82 valence electrons. The molecule has 1 nitrogen and oxygen atoms in total. The van der Waals surface area contributed by atoms with Gasteiger partial charge in [0.25, 0.3) is 0 Å². The largest absolute Gasteiger partial charge is 0.382 e. The van der Waals surface area contributed by atoms with Crippen LogP contribution in [0.3, 0.4) is 0 Å². The summed E-state index contributed by atoms with van der Waals surface area (Å²) in [5, 5.41) is 3.17. The molecular weight excluding hydrogens is 216 g/mol. The van der Waals surface area contributed by atoms with Gasteiger partial charge in [-0.3, -0.25) is 0 Å². The van der Waals surface area contributed by atoms with Crippen LogP contribution in [0, 0.1) is 11.6 Å². The van der Waals surface area contributed by atoms with E-state index in [2.05, 4.69) is 5.32 Å². The van der Waals surface area contributed by atoms with Crippen LogP contribution in [0.5, 0.6) is 0 Å². The fourth-order valence-corrected chi connectivity index (χ4v) is 2.82. The summed E-state index contributed by atoms with van der Waals surface area (Å²) < 4.78 is 25.8. The minimum absolute atomic E-state index is 0.354. The molecule has 0 amide bonds. The van der Waals surface area contributed by atoms with E-state index in [1.54, 1.807) is 0 Å². The van der Waals surface area contributed by atoms with Crippen molar-refractivity contribution in [2.75, 3.05) is 16.8 Å². The first-order valence-electron chi connectivity index (χ1n) is 5.04. The molecule has 15 heavy (non-hydrogen) atoms. The van der Waals surface area contributed by atoms with Crippen molar-refractivity contribution >= 4 is 17.4 Å². The fraction of sp³-hybridized carbons (Fsp3) is 0.455. The highest BCUT2D eigenvalue weighted by Crippen LogP contribution is 2.21. The summed E-state index contributed by atoms with van der Waals surface area (Å²) in [5.74, 6) is 1.19. The van der Waals surface area contributed by atoms with Gasteiger partial charge in [-0.1, -0.05) is 0 Å². The molecule has 0 aliphatic carbocycles. The predicted octanol–water partition coefficient (Wildman–Crippen LogP) is 3.27. The van der Waals surface area contributed by atoms with E-state index in [4.69, 9.17) is 0 Å². The highest BCUT2D eigenvalue weighted by atomic mass is 32.2. The lowest BCUT2D eigenvalue weighted by Crippen LogP contribution is -2.24. The molecule has 0 radical (unpaired) electrons. The Morgan fingerprint density at radius 2 is 1.67 bits per heavy atom. The summed E-state index contributed by atoms with van der Waals surface area (Å²) >= 11 is 1.93. The molecule has 1 saturated heterocycles. The summed E-state index contributed by atoms with van der Waals surface area (Å²) in [7, 11) is 0. The highest BCUT2D eigenvalue weighted by Gasteiger charge is 2.13. The van der Waals surface area contributed by atoms with Gasteiger partial charge in [-0.05, 0) is 36.5 Å². The van der Waals surface area contributed by atoms with Crippen molar-refractivity contribution in [2.45, 2.75) is 18.9 Å². The first-order valence-corrected chi connectivity index (χ1v) is 6.20. The lowest BCUT2D eigenvalue weighted by molar-refractivity contribution is 0.582. The maximum absolute atomic E-state index is 12.9. The number of hydrogen-bond donors (Lipinski definition) is 1. The summed E-state index contributed by atoms with van der Waals surface area (Å²) in [5.41, 5.74) is 0.546. The van der Waals surface area contributed by atoms with Gasteiger partial charge in [-0.15, -0.1) is 0 Å². The van der Waals surface area contributed by atoms with Crippen molar-refractivity contribution in [1.82, 2.24) is 0 Å². The lowest BCUT2D eigenvalue weighted by Gasteiger charge is -2.23. The normalized spacial score (nSPS) is 17.7. The van der Waals surface area contributed by atoms with Gasteiger partial charge < -0.3 is 5.32 Å². The average Bonchev–Trinajstić information content (AvgIpc) is 2.17. The number of benzene rings is 1. The Balaban J connectivity index is 2.02. The molecular formula is C11H13F2NS. The Kier molecular flexibility index (Phi) is 3.46. The van der Waals surface area contributed by atoms with Crippen LogP contribution >= 0.6 is 11.8 Å². The summed E-state index contributed by atoms with van der Waals surface area (Å²) in [6.07, 6.45) is 2.12. The second-order valence-electron chi connectivity index (χ2n) is 3.69. The Labute approximate surface area is 92.3 Å². The van der Waals surface area contributed by atoms with Crippen LogP contribution in [0.4, 0.5) is 14.5 Å². The molecule has 0 bridgehead atoms. The van der Waals surface area contributed by atoms with E-state index in [1.165, 1.54) is 12.1 Å². The Morgan fingerprint density at radius 3 is 2.27 bits per heavy atom. The van der Waals surface area contributed by atoms with E-state index in [9.17, 15) is 8.78 Å². The fourth-order valence-electron chi connectivity index (χ4n) is 1.71. The van der Waals surface area contributed by atoms with Crippen molar-refractivity contribution < 1.29 is 8.78 Å². The molecule has 1 aliphatic rings. The Hall–Kier alpha value is -0.770. The topological polar surface area (TPSA) is 12.0 Å². The van der Waals surface area contributed by atoms with Gasteiger partial charge in [0.1, 0.15) is 11.6 Å².